The molecule has 0 radical (unpaired) electrons. The van der Waals surface area contributed by atoms with E-state index in [0.717, 1.165) is 38.9 Å². The Morgan fingerprint density at radius 1 is 0.571 bits per heavy atom. The van der Waals surface area contributed by atoms with Crippen molar-refractivity contribution in [2.45, 2.75) is 53.4 Å². The third-order valence-corrected chi connectivity index (χ3v) is 3.33. The van der Waals surface area contributed by atoms with Crippen molar-refractivity contribution >= 4 is 0 Å². The summed E-state index contributed by atoms with van der Waals surface area (Å²) < 4.78 is 23.0. The largest absolute Gasteiger partial charge is 0.381 e. The number of unbranched alkanes of at least 4 members (excludes halogenated alkanes) is 2. The van der Waals surface area contributed by atoms with Crippen LogP contribution in [0.2, 0.25) is 0 Å². The van der Waals surface area contributed by atoms with E-state index < -0.39 is 0 Å². The zero-order valence-corrected chi connectivity index (χ0v) is 14.6. The number of ether oxygens (including phenoxy) is 4. The van der Waals surface area contributed by atoms with Gasteiger partial charge in [0.25, 0.3) is 0 Å². The van der Waals surface area contributed by atoms with Crippen LogP contribution in [-0.2, 0) is 18.9 Å². The Morgan fingerprint density at radius 2 is 0.952 bits per heavy atom. The summed E-state index contributed by atoms with van der Waals surface area (Å²) in [5, 5.41) is 0. The monoisotopic (exact) mass is 304 g/mol. The molecule has 0 amide bonds. The predicted octanol–water partition coefficient (Wildman–Crippen LogP) is 3.68. The Hall–Kier alpha value is -0.160. The van der Waals surface area contributed by atoms with E-state index in [0.29, 0.717) is 39.6 Å². The van der Waals surface area contributed by atoms with Gasteiger partial charge in [0.2, 0.25) is 0 Å². The molecule has 0 spiro atoms. The van der Waals surface area contributed by atoms with Crippen molar-refractivity contribution in [2.24, 2.45) is 5.41 Å². The van der Waals surface area contributed by atoms with Crippen molar-refractivity contribution in [3.8, 4) is 0 Å². The fourth-order valence-corrected chi connectivity index (χ4v) is 1.96. The summed E-state index contributed by atoms with van der Waals surface area (Å²) in [5.41, 5.74) is -0.187. The lowest BCUT2D eigenvalue weighted by Crippen LogP contribution is -2.42. The van der Waals surface area contributed by atoms with E-state index in [9.17, 15) is 0 Å². The third-order valence-electron chi connectivity index (χ3n) is 3.33. The molecule has 0 aliphatic heterocycles. The second-order valence-corrected chi connectivity index (χ2v) is 5.59. The SMILES string of the molecule is CCCCOCC(COCC)(COCC)COCCCC. The van der Waals surface area contributed by atoms with Crippen LogP contribution in [0.15, 0.2) is 0 Å². The molecule has 0 aliphatic rings. The Kier molecular flexibility index (Phi) is 14.7. The first-order chi connectivity index (χ1) is 10.2. The molecule has 128 valence electrons. The number of hydrogen-bond donors (Lipinski definition) is 0. The van der Waals surface area contributed by atoms with Gasteiger partial charge in [-0.25, -0.2) is 0 Å². The van der Waals surface area contributed by atoms with Gasteiger partial charge in [0.15, 0.2) is 0 Å². The molecule has 0 bridgehead atoms. The van der Waals surface area contributed by atoms with E-state index in [1.807, 2.05) is 13.8 Å². The zero-order chi connectivity index (χ0) is 15.8. The first kappa shape index (κ1) is 20.8. The molecule has 0 aromatic carbocycles. The van der Waals surface area contributed by atoms with Gasteiger partial charge in [0.1, 0.15) is 0 Å². The molecule has 0 rings (SSSR count). The average molecular weight is 304 g/mol. The molecule has 0 aromatic rings. The van der Waals surface area contributed by atoms with Crippen molar-refractivity contribution in [1.29, 1.82) is 0 Å². The van der Waals surface area contributed by atoms with Gasteiger partial charge < -0.3 is 18.9 Å². The summed E-state index contributed by atoms with van der Waals surface area (Å²) in [6.07, 6.45) is 4.49. The summed E-state index contributed by atoms with van der Waals surface area (Å²) in [6, 6.07) is 0. The van der Waals surface area contributed by atoms with Crippen LogP contribution < -0.4 is 0 Å². The van der Waals surface area contributed by atoms with Crippen molar-refractivity contribution in [3.05, 3.63) is 0 Å². The molecule has 4 heteroatoms. The maximum Gasteiger partial charge on any atom is 0.0637 e. The van der Waals surface area contributed by atoms with E-state index >= 15 is 0 Å². The second-order valence-electron chi connectivity index (χ2n) is 5.59. The summed E-state index contributed by atoms with van der Waals surface area (Å²) >= 11 is 0. The van der Waals surface area contributed by atoms with Gasteiger partial charge in [-0.1, -0.05) is 26.7 Å². The fraction of sp³-hybridized carbons (Fsp3) is 1.00. The van der Waals surface area contributed by atoms with E-state index in [1.54, 1.807) is 0 Å². The predicted molar refractivity (Wildman–Crippen MR) is 86.9 cm³/mol. The van der Waals surface area contributed by atoms with Gasteiger partial charge in [-0.15, -0.1) is 0 Å². The average Bonchev–Trinajstić information content (AvgIpc) is 2.51. The van der Waals surface area contributed by atoms with Crippen molar-refractivity contribution in [3.63, 3.8) is 0 Å². The normalized spacial score (nSPS) is 12.0. The number of hydrogen-bond acceptors (Lipinski definition) is 4. The molecule has 4 nitrogen and oxygen atoms in total. The molecule has 0 aliphatic carbocycles. The van der Waals surface area contributed by atoms with Crippen LogP contribution in [-0.4, -0.2) is 52.9 Å². The molecule has 0 saturated carbocycles. The van der Waals surface area contributed by atoms with Crippen molar-refractivity contribution in [1.82, 2.24) is 0 Å². The standard InChI is InChI=1S/C17H36O4/c1-5-9-11-20-15-17(13-18-7-3,14-19-8-4)16-21-12-10-6-2/h5-16H2,1-4H3. The van der Waals surface area contributed by atoms with Gasteiger partial charge in [-0.2, -0.15) is 0 Å². The molecular formula is C17H36O4. The maximum atomic E-state index is 5.85. The lowest BCUT2D eigenvalue weighted by molar-refractivity contribution is -0.104. The lowest BCUT2D eigenvalue weighted by Gasteiger charge is -2.32. The van der Waals surface area contributed by atoms with Crippen LogP contribution in [0.3, 0.4) is 0 Å². The summed E-state index contributed by atoms with van der Waals surface area (Å²) in [7, 11) is 0. The molecule has 0 unspecified atom stereocenters. The highest BCUT2D eigenvalue weighted by Crippen LogP contribution is 2.21. The van der Waals surface area contributed by atoms with Gasteiger partial charge in [0, 0.05) is 26.4 Å². The molecule has 21 heavy (non-hydrogen) atoms. The van der Waals surface area contributed by atoms with Crippen LogP contribution in [0.4, 0.5) is 0 Å². The highest BCUT2D eigenvalue weighted by atomic mass is 16.5. The Labute approximate surface area is 131 Å². The minimum absolute atomic E-state index is 0.187. The first-order valence-corrected chi connectivity index (χ1v) is 8.55. The van der Waals surface area contributed by atoms with Crippen LogP contribution >= 0.6 is 0 Å². The molecule has 0 heterocycles. The van der Waals surface area contributed by atoms with E-state index in [1.165, 1.54) is 0 Å². The van der Waals surface area contributed by atoms with Crippen LogP contribution in [0.5, 0.6) is 0 Å². The highest BCUT2D eigenvalue weighted by Gasteiger charge is 2.32. The Balaban J connectivity index is 4.43. The van der Waals surface area contributed by atoms with Gasteiger partial charge in [0.05, 0.1) is 31.8 Å². The topological polar surface area (TPSA) is 36.9 Å². The Morgan fingerprint density at radius 3 is 1.29 bits per heavy atom. The first-order valence-electron chi connectivity index (χ1n) is 8.55. The molecule has 0 aromatic heterocycles. The van der Waals surface area contributed by atoms with E-state index in [2.05, 4.69) is 13.8 Å². The smallest absolute Gasteiger partial charge is 0.0637 e. The molecular weight excluding hydrogens is 268 g/mol. The minimum Gasteiger partial charge on any atom is -0.381 e. The summed E-state index contributed by atoms with van der Waals surface area (Å²) in [5.74, 6) is 0. The molecule has 0 fully saturated rings. The molecule has 0 N–H and O–H groups in total. The lowest BCUT2D eigenvalue weighted by atomic mass is 9.92. The van der Waals surface area contributed by atoms with Gasteiger partial charge >= 0.3 is 0 Å². The molecule has 0 saturated heterocycles. The summed E-state index contributed by atoms with van der Waals surface area (Å²) in [6.45, 7) is 13.9. The summed E-state index contributed by atoms with van der Waals surface area (Å²) in [4.78, 5) is 0. The van der Waals surface area contributed by atoms with Crippen molar-refractivity contribution < 1.29 is 18.9 Å². The third kappa shape index (κ3) is 11.1. The minimum atomic E-state index is -0.187. The van der Waals surface area contributed by atoms with Crippen LogP contribution in [0.25, 0.3) is 0 Å². The number of rotatable bonds is 16. The van der Waals surface area contributed by atoms with Gasteiger partial charge in [-0.05, 0) is 26.7 Å². The maximum absolute atomic E-state index is 5.85. The van der Waals surface area contributed by atoms with Gasteiger partial charge in [-0.3, -0.25) is 0 Å². The van der Waals surface area contributed by atoms with Crippen LogP contribution in [0, 0.1) is 5.41 Å². The Bertz CT molecular complexity index is 187. The quantitative estimate of drug-likeness (QED) is 0.408. The second kappa shape index (κ2) is 14.8. The van der Waals surface area contributed by atoms with Crippen LogP contribution in [0.1, 0.15) is 53.4 Å². The fourth-order valence-electron chi connectivity index (χ4n) is 1.96. The van der Waals surface area contributed by atoms with E-state index in [4.69, 9.17) is 18.9 Å². The van der Waals surface area contributed by atoms with E-state index in [-0.39, 0.29) is 5.41 Å². The zero-order valence-electron chi connectivity index (χ0n) is 14.6. The van der Waals surface area contributed by atoms with Crippen molar-refractivity contribution in [2.75, 3.05) is 52.9 Å². The highest BCUT2D eigenvalue weighted by molar-refractivity contribution is 4.79. The molecule has 0 atom stereocenters.